The number of methoxy groups -OCH3 is 1. The zero-order chi connectivity index (χ0) is 11.6. The third-order valence-electron chi connectivity index (χ3n) is 2.02. The van der Waals surface area contributed by atoms with E-state index >= 15 is 0 Å². The first-order chi connectivity index (χ1) is 7.02. The number of hydrogen-bond donors (Lipinski definition) is 1. The van der Waals surface area contributed by atoms with Crippen molar-refractivity contribution in [3.8, 4) is 5.75 Å². The van der Waals surface area contributed by atoms with Crippen molar-refractivity contribution in [2.45, 2.75) is 6.92 Å². The number of Topliss-reactive ketones (excluding diaryl/α,β-unsaturated/α-hetero) is 1. The summed E-state index contributed by atoms with van der Waals surface area (Å²) in [6.07, 6.45) is 0. The van der Waals surface area contributed by atoms with Crippen LogP contribution in [0.25, 0.3) is 0 Å². The molecule has 0 radical (unpaired) electrons. The molecule has 0 aliphatic carbocycles. The normalized spacial score (nSPS) is 10.2. The molecule has 0 aliphatic heterocycles. The fourth-order valence-electron chi connectivity index (χ4n) is 1.29. The second-order valence-electron chi connectivity index (χ2n) is 3.02. The van der Waals surface area contributed by atoms with Gasteiger partial charge in [-0.2, -0.15) is 0 Å². The number of nitrogens with two attached hydrogens (primary N) is 1. The van der Waals surface area contributed by atoms with Crippen molar-refractivity contribution in [1.82, 2.24) is 0 Å². The number of halogens is 2. The van der Waals surface area contributed by atoms with E-state index in [1.54, 1.807) is 0 Å². The predicted octanol–water partition coefficient (Wildman–Crippen LogP) is 1.94. The lowest BCUT2D eigenvalue weighted by molar-refractivity contribution is 0.0994. The molecule has 0 fully saturated rings. The zero-order valence-corrected chi connectivity index (χ0v) is 9.19. The Balaban J connectivity index is 3.50. The molecule has 0 amide bonds. The topological polar surface area (TPSA) is 52.3 Å². The Labute approximate surface area is 92.0 Å². The fraction of sp³-hybridized carbons (Fsp3) is 0.300. The molecule has 3 nitrogen and oxygen atoms in total. The molecule has 0 atom stereocenters. The number of carbonyl (C=O) groups is 1. The van der Waals surface area contributed by atoms with Gasteiger partial charge in [-0.3, -0.25) is 4.79 Å². The smallest absolute Gasteiger partial charge is 0.183 e. The van der Waals surface area contributed by atoms with Gasteiger partial charge < -0.3 is 10.5 Å². The quantitative estimate of drug-likeness (QED) is 0.809. The zero-order valence-electron chi connectivity index (χ0n) is 8.43. The van der Waals surface area contributed by atoms with Gasteiger partial charge in [0.1, 0.15) is 5.82 Å². The Hall–Kier alpha value is -1.13. The van der Waals surface area contributed by atoms with Crippen LogP contribution in [0.3, 0.4) is 0 Å². The van der Waals surface area contributed by atoms with Crippen molar-refractivity contribution in [3.63, 3.8) is 0 Å². The summed E-state index contributed by atoms with van der Waals surface area (Å²) in [6, 6.07) is 1.41. The van der Waals surface area contributed by atoms with Crippen molar-refractivity contribution in [1.29, 1.82) is 0 Å². The number of rotatable bonds is 3. The van der Waals surface area contributed by atoms with Crippen molar-refractivity contribution in [3.05, 3.63) is 28.0 Å². The first-order valence-corrected chi connectivity index (χ1v) is 4.66. The van der Waals surface area contributed by atoms with E-state index in [1.807, 2.05) is 0 Å². The molecular weight excluding hydrogens is 221 g/mol. The van der Waals surface area contributed by atoms with Gasteiger partial charge in [0, 0.05) is 0 Å². The second-order valence-corrected chi connectivity index (χ2v) is 3.43. The highest BCUT2D eigenvalue weighted by atomic mass is 35.5. The number of hydrogen-bond acceptors (Lipinski definition) is 3. The van der Waals surface area contributed by atoms with Gasteiger partial charge in [-0.1, -0.05) is 11.6 Å². The van der Waals surface area contributed by atoms with Crippen LogP contribution in [-0.2, 0) is 0 Å². The van der Waals surface area contributed by atoms with Crippen LogP contribution < -0.4 is 10.5 Å². The molecule has 0 bridgehead atoms. The highest BCUT2D eigenvalue weighted by Gasteiger charge is 2.21. The lowest BCUT2D eigenvalue weighted by Crippen LogP contribution is -2.17. The van der Waals surface area contributed by atoms with Crippen LogP contribution in [0.1, 0.15) is 15.9 Å². The van der Waals surface area contributed by atoms with Gasteiger partial charge >= 0.3 is 0 Å². The van der Waals surface area contributed by atoms with Gasteiger partial charge in [0.15, 0.2) is 11.5 Å². The number of ketones is 1. The summed E-state index contributed by atoms with van der Waals surface area (Å²) in [5, 5.41) is 0.202. The highest BCUT2D eigenvalue weighted by Crippen LogP contribution is 2.32. The Morgan fingerprint density at radius 2 is 2.27 bits per heavy atom. The first kappa shape index (κ1) is 11.9. The molecule has 5 heteroatoms. The van der Waals surface area contributed by atoms with Gasteiger partial charge in [0.25, 0.3) is 0 Å². The largest absolute Gasteiger partial charge is 0.494 e. The second kappa shape index (κ2) is 4.59. The summed E-state index contributed by atoms with van der Waals surface area (Å²) < 4.78 is 18.5. The number of aryl methyl sites for hydroxylation is 1. The minimum atomic E-state index is -0.633. The van der Waals surface area contributed by atoms with E-state index in [2.05, 4.69) is 0 Å². The summed E-state index contributed by atoms with van der Waals surface area (Å²) in [5.74, 6) is -1.13. The van der Waals surface area contributed by atoms with Crippen LogP contribution in [0.5, 0.6) is 5.75 Å². The van der Waals surface area contributed by atoms with Crippen LogP contribution in [0, 0.1) is 12.7 Å². The Morgan fingerprint density at radius 1 is 1.67 bits per heavy atom. The van der Waals surface area contributed by atoms with Crippen LogP contribution >= 0.6 is 11.6 Å². The van der Waals surface area contributed by atoms with E-state index in [1.165, 1.54) is 20.1 Å². The third kappa shape index (κ3) is 2.11. The van der Waals surface area contributed by atoms with Crippen LogP contribution in [0.4, 0.5) is 4.39 Å². The summed E-state index contributed by atoms with van der Waals surface area (Å²) in [4.78, 5) is 11.4. The summed E-state index contributed by atoms with van der Waals surface area (Å²) in [6.45, 7) is 1.24. The van der Waals surface area contributed by atoms with Crippen LogP contribution in [0.15, 0.2) is 6.07 Å². The monoisotopic (exact) mass is 231 g/mol. The average molecular weight is 232 g/mol. The molecule has 1 aromatic rings. The van der Waals surface area contributed by atoms with Gasteiger partial charge in [0.05, 0.1) is 24.2 Å². The lowest BCUT2D eigenvalue weighted by Gasteiger charge is -2.11. The number of benzene rings is 1. The first-order valence-electron chi connectivity index (χ1n) is 4.28. The summed E-state index contributed by atoms with van der Waals surface area (Å²) in [5.41, 5.74) is 5.30. The highest BCUT2D eigenvalue weighted by molar-refractivity contribution is 6.32. The van der Waals surface area contributed by atoms with Crippen LogP contribution in [-0.4, -0.2) is 19.4 Å². The fourth-order valence-corrected chi connectivity index (χ4v) is 1.62. The molecule has 1 aromatic carbocycles. The molecule has 2 N–H and O–H groups in total. The Bertz CT molecular complexity index is 407. The molecule has 0 saturated carbocycles. The van der Waals surface area contributed by atoms with E-state index in [9.17, 15) is 9.18 Å². The van der Waals surface area contributed by atoms with Gasteiger partial charge in [-0.25, -0.2) is 4.39 Å². The van der Waals surface area contributed by atoms with Gasteiger partial charge in [0.2, 0.25) is 0 Å². The number of carbonyl (C=O) groups excluding carboxylic acids is 1. The van der Waals surface area contributed by atoms with E-state index < -0.39 is 11.6 Å². The molecule has 0 saturated heterocycles. The van der Waals surface area contributed by atoms with Crippen LogP contribution in [0.2, 0.25) is 5.02 Å². The maximum Gasteiger partial charge on any atom is 0.183 e. The lowest BCUT2D eigenvalue weighted by atomic mass is 10.1. The van der Waals surface area contributed by atoms with E-state index in [4.69, 9.17) is 22.1 Å². The van der Waals surface area contributed by atoms with E-state index in [0.717, 1.165) is 0 Å². The molecule has 0 aromatic heterocycles. The predicted molar refractivity (Wildman–Crippen MR) is 56.1 cm³/mol. The Morgan fingerprint density at radius 3 is 2.73 bits per heavy atom. The summed E-state index contributed by atoms with van der Waals surface area (Å²) >= 11 is 5.82. The van der Waals surface area contributed by atoms with E-state index in [0.29, 0.717) is 0 Å². The maximum absolute atomic E-state index is 13.7. The molecule has 0 unspecified atom stereocenters. The molecule has 82 valence electrons. The van der Waals surface area contributed by atoms with Gasteiger partial charge in [-0.05, 0) is 18.6 Å². The number of ether oxygens (including phenoxy) is 1. The molecule has 1 rings (SSSR count). The SMILES string of the molecule is COc1c(Cl)cc(C)c(F)c1C(=O)CN. The standard InChI is InChI=1S/C10H11ClFNO2/c1-5-3-6(11)10(15-2)8(9(5)12)7(14)4-13/h3H,4,13H2,1-2H3. The molecule has 0 spiro atoms. The van der Waals surface area contributed by atoms with E-state index in [-0.39, 0.29) is 28.4 Å². The molecule has 15 heavy (non-hydrogen) atoms. The molecular formula is C10H11ClFNO2. The third-order valence-corrected chi connectivity index (χ3v) is 2.30. The van der Waals surface area contributed by atoms with Crippen molar-refractivity contribution in [2.75, 3.05) is 13.7 Å². The maximum atomic E-state index is 13.7. The van der Waals surface area contributed by atoms with Crippen molar-refractivity contribution < 1.29 is 13.9 Å². The van der Waals surface area contributed by atoms with Crippen molar-refractivity contribution >= 4 is 17.4 Å². The van der Waals surface area contributed by atoms with Crippen molar-refractivity contribution in [2.24, 2.45) is 5.73 Å². The van der Waals surface area contributed by atoms with Gasteiger partial charge in [-0.15, -0.1) is 0 Å². The molecule has 0 aliphatic rings. The Kier molecular flexibility index (Phi) is 3.66. The minimum Gasteiger partial charge on any atom is -0.494 e. The summed E-state index contributed by atoms with van der Waals surface area (Å²) in [7, 11) is 1.32. The molecule has 0 heterocycles. The minimum absolute atomic E-state index is 0.0372. The average Bonchev–Trinajstić information content (AvgIpc) is 2.21.